The molecule has 0 bridgehead atoms. The summed E-state index contributed by atoms with van der Waals surface area (Å²) in [7, 11) is -2.75. The van der Waals surface area contributed by atoms with Crippen LogP contribution >= 0.6 is 11.6 Å². The summed E-state index contributed by atoms with van der Waals surface area (Å²) >= 11 is 6.02. The van der Waals surface area contributed by atoms with Crippen LogP contribution in [-0.4, -0.2) is 27.5 Å². The molecule has 0 radical (unpaired) electrons. The van der Waals surface area contributed by atoms with Crippen LogP contribution < -0.4 is 14.8 Å². The second-order valence-corrected chi connectivity index (χ2v) is 9.59. The predicted molar refractivity (Wildman–Crippen MR) is 127 cm³/mol. The highest BCUT2D eigenvalue weighted by atomic mass is 35.5. The first-order chi connectivity index (χ1) is 15.2. The molecule has 0 aliphatic carbocycles. The number of hydrogen-bond acceptors (Lipinski definition) is 4. The van der Waals surface area contributed by atoms with E-state index in [4.69, 9.17) is 16.3 Å². The first kappa shape index (κ1) is 23.8. The Morgan fingerprint density at radius 3 is 2.44 bits per heavy atom. The lowest BCUT2D eigenvalue weighted by Gasteiger charge is -2.20. The van der Waals surface area contributed by atoms with E-state index in [0.29, 0.717) is 5.69 Å². The van der Waals surface area contributed by atoms with Gasteiger partial charge in [-0.2, -0.15) is 4.72 Å². The number of rotatable bonds is 8. The molecule has 0 saturated heterocycles. The van der Waals surface area contributed by atoms with Gasteiger partial charge in [0.25, 0.3) is 0 Å². The summed E-state index contributed by atoms with van der Waals surface area (Å²) in [6, 6.07) is 18.1. The molecule has 3 aromatic rings. The van der Waals surface area contributed by atoms with Gasteiger partial charge >= 0.3 is 0 Å². The second-order valence-electron chi connectivity index (χ2n) is 7.47. The van der Waals surface area contributed by atoms with E-state index < -0.39 is 22.0 Å². The minimum absolute atomic E-state index is 0.134. The van der Waals surface area contributed by atoms with Crippen LogP contribution in [0.2, 0.25) is 5.02 Å². The van der Waals surface area contributed by atoms with Gasteiger partial charge in [0.15, 0.2) is 0 Å². The Hall–Kier alpha value is -2.87. The fraction of sp³-hybridized carbons (Fsp3) is 0.208. The zero-order valence-electron chi connectivity index (χ0n) is 18.1. The number of carbonyl (C=O) groups excluding carboxylic acids is 1. The normalized spacial score (nSPS) is 12.2. The molecule has 1 amide bonds. The van der Waals surface area contributed by atoms with Gasteiger partial charge in [-0.1, -0.05) is 54.1 Å². The summed E-state index contributed by atoms with van der Waals surface area (Å²) in [5, 5.41) is 3.10. The number of halogens is 1. The number of benzene rings is 3. The van der Waals surface area contributed by atoms with E-state index in [2.05, 4.69) is 10.0 Å². The predicted octanol–water partition coefficient (Wildman–Crippen LogP) is 4.49. The third-order valence-electron chi connectivity index (χ3n) is 4.96. The number of carbonyl (C=O) groups is 1. The fourth-order valence-electron chi connectivity index (χ4n) is 3.24. The van der Waals surface area contributed by atoms with Crippen LogP contribution in [0.25, 0.3) is 0 Å². The van der Waals surface area contributed by atoms with E-state index in [-0.39, 0.29) is 22.1 Å². The van der Waals surface area contributed by atoms with Crippen LogP contribution in [0, 0.1) is 13.8 Å². The average molecular weight is 473 g/mol. The van der Waals surface area contributed by atoms with Gasteiger partial charge < -0.3 is 10.1 Å². The van der Waals surface area contributed by atoms with Crippen molar-refractivity contribution in [1.29, 1.82) is 0 Å². The van der Waals surface area contributed by atoms with Crippen LogP contribution in [0.4, 0.5) is 5.69 Å². The van der Waals surface area contributed by atoms with Crippen molar-refractivity contribution in [2.24, 2.45) is 0 Å². The lowest BCUT2D eigenvalue weighted by Crippen LogP contribution is -2.45. The monoisotopic (exact) mass is 472 g/mol. The van der Waals surface area contributed by atoms with Crippen LogP contribution in [0.5, 0.6) is 5.75 Å². The minimum atomic E-state index is -4.12. The van der Waals surface area contributed by atoms with Gasteiger partial charge in [-0.25, -0.2) is 8.42 Å². The minimum Gasteiger partial charge on any atom is -0.495 e. The molecular weight excluding hydrogens is 448 g/mol. The molecule has 0 aliphatic rings. The smallest absolute Gasteiger partial charge is 0.245 e. The highest BCUT2D eigenvalue weighted by Gasteiger charge is 2.29. The molecule has 32 heavy (non-hydrogen) atoms. The third-order valence-corrected chi connectivity index (χ3v) is 6.69. The number of nitrogens with one attached hydrogen (secondary N) is 2. The average Bonchev–Trinajstić information content (AvgIpc) is 2.76. The standard InChI is InChI=1S/C24H25ClN2O4S/c1-16-9-10-17(2)20(13-16)26-24(28)21(14-18-7-5-4-6-8-18)27-32(29,30)23-15-19(25)11-12-22(23)31-3/h4-13,15,21,27H,14H2,1-3H3,(H,26,28)/t21-/m1/s1. The van der Waals surface area contributed by atoms with Gasteiger partial charge in [0.1, 0.15) is 16.7 Å². The van der Waals surface area contributed by atoms with E-state index in [1.807, 2.05) is 62.4 Å². The Bertz CT molecular complexity index is 1210. The van der Waals surface area contributed by atoms with Crippen molar-refractivity contribution in [2.45, 2.75) is 31.2 Å². The number of amides is 1. The second kappa shape index (κ2) is 10.2. The first-order valence-corrected chi connectivity index (χ1v) is 11.8. The quantitative estimate of drug-likeness (QED) is 0.505. The van der Waals surface area contributed by atoms with E-state index in [1.165, 1.54) is 25.3 Å². The van der Waals surface area contributed by atoms with E-state index in [9.17, 15) is 13.2 Å². The van der Waals surface area contributed by atoms with Crippen molar-refractivity contribution in [2.75, 3.05) is 12.4 Å². The van der Waals surface area contributed by atoms with Crippen LogP contribution in [0.1, 0.15) is 16.7 Å². The van der Waals surface area contributed by atoms with E-state index in [1.54, 1.807) is 0 Å². The SMILES string of the molecule is COc1ccc(Cl)cc1S(=O)(=O)N[C@H](Cc1ccccc1)C(=O)Nc1cc(C)ccc1C. The number of hydrogen-bond donors (Lipinski definition) is 2. The zero-order valence-corrected chi connectivity index (χ0v) is 19.6. The molecule has 0 aliphatic heterocycles. The lowest BCUT2D eigenvalue weighted by molar-refractivity contribution is -0.117. The van der Waals surface area contributed by atoms with Crippen molar-refractivity contribution >= 4 is 33.2 Å². The van der Waals surface area contributed by atoms with Crippen molar-refractivity contribution in [3.63, 3.8) is 0 Å². The summed E-state index contributed by atoms with van der Waals surface area (Å²) in [6.45, 7) is 3.80. The van der Waals surface area contributed by atoms with Gasteiger partial charge in [-0.05, 0) is 61.2 Å². The zero-order chi connectivity index (χ0) is 23.3. The van der Waals surface area contributed by atoms with Gasteiger partial charge in [-0.3, -0.25) is 4.79 Å². The molecule has 6 nitrogen and oxygen atoms in total. The van der Waals surface area contributed by atoms with Crippen LogP contribution in [0.3, 0.4) is 0 Å². The molecule has 168 valence electrons. The summed E-state index contributed by atoms with van der Waals surface area (Å²) in [5.41, 5.74) is 3.30. The summed E-state index contributed by atoms with van der Waals surface area (Å²) in [4.78, 5) is 13.1. The molecule has 0 spiro atoms. The molecule has 0 fully saturated rings. The molecule has 3 aromatic carbocycles. The number of aryl methyl sites for hydroxylation is 2. The third kappa shape index (κ3) is 5.88. The highest BCUT2D eigenvalue weighted by molar-refractivity contribution is 7.89. The first-order valence-electron chi connectivity index (χ1n) is 9.97. The largest absolute Gasteiger partial charge is 0.495 e. The van der Waals surface area contributed by atoms with Gasteiger partial charge in [0, 0.05) is 10.7 Å². The fourth-order valence-corrected chi connectivity index (χ4v) is 4.87. The van der Waals surface area contributed by atoms with Crippen molar-refractivity contribution < 1.29 is 17.9 Å². The molecule has 1 atom stereocenters. The Labute approximate surface area is 193 Å². The summed E-state index contributed by atoms with van der Waals surface area (Å²) in [5.74, 6) is -0.331. The molecule has 2 N–H and O–H groups in total. The maximum absolute atomic E-state index is 13.2. The number of ether oxygens (including phenoxy) is 1. The highest BCUT2D eigenvalue weighted by Crippen LogP contribution is 2.27. The molecule has 0 saturated carbocycles. The van der Waals surface area contributed by atoms with Gasteiger partial charge in [0.2, 0.25) is 15.9 Å². The Morgan fingerprint density at radius 2 is 1.75 bits per heavy atom. The van der Waals surface area contributed by atoms with Gasteiger partial charge in [-0.15, -0.1) is 0 Å². The van der Waals surface area contributed by atoms with Gasteiger partial charge in [0.05, 0.1) is 7.11 Å². The molecular formula is C24H25ClN2O4S. The topological polar surface area (TPSA) is 84.5 Å². The number of methoxy groups -OCH3 is 1. The summed E-state index contributed by atoms with van der Waals surface area (Å²) < 4.78 is 34.2. The Kier molecular flexibility index (Phi) is 7.56. The van der Waals surface area contributed by atoms with Crippen molar-refractivity contribution in [3.8, 4) is 5.75 Å². The maximum atomic E-state index is 13.2. The molecule has 0 aromatic heterocycles. The Morgan fingerprint density at radius 1 is 1.03 bits per heavy atom. The molecule has 0 unspecified atom stereocenters. The molecule has 3 rings (SSSR count). The maximum Gasteiger partial charge on any atom is 0.245 e. The number of sulfonamides is 1. The molecule has 8 heteroatoms. The molecule has 0 heterocycles. The Balaban J connectivity index is 1.95. The summed E-state index contributed by atoms with van der Waals surface area (Å²) in [6.07, 6.45) is 0.166. The van der Waals surface area contributed by atoms with E-state index in [0.717, 1.165) is 16.7 Å². The van der Waals surface area contributed by atoms with Crippen LogP contribution in [0.15, 0.2) is 71.6 Å². The lowest BCUT2D eigenvalue weighted by atomic mass is 10.1. The van der Waals surface area contributed by atoms with E-state index >= 15 is 0 Å². The number of anilines is 1. The van der Waals surface area contributed by atoms with Crippen molar-refractivity contribution in [1.82, 2.24) is 4.72 Å². The van der Waals surface area contributed by atoms with Crippen molar-refractivity contribution in [3.05, 3.63) is 88.4 Å². The van der Waals surface area contributed by atoms with Crippen LogP contribution in [-0.2, 0) is 21.2 Å².